The van der Waals surface area contributed by atoms with E-state index in [4.69, 9.17) is 0 Å². The number of amides is 1. The largest absolute Gasteiger partial charge is 0.351 e. The predicted molar refractivity (Wildman–Crippen MR) is 89.5 cm³/mol. The zero-order valence-corrected chi connectivity index (χ0v) is 14.0. The summed E-state index contributed by atoms with van der Waals surface area (Å²) in [7, 11) is 0. The van der Waals surface area contributed by atoms with Crippen LogP contribution in [0.15, 0.2) is 42.5 Å². The molecule has 2 aromatic carbocycles. The van der Waals surface area contributed by atoms with Gasteiger partial charge in [-0.25, -0.2) is 8.78 Å². The van der Waals surface area contributed by atoms with Crippen molar-refractivity contribution in [3.8, 4) is 0 Å². The van der Waals surface area contributed by atoms with E-state index in [1.807, 2.05) is 31.2 Å². The number of quaternary nitrogens is 1. The number of benzene rings is 2. The van der Waals surface area contributed by atoms with Gasteiger partial charge >= 0.3 is 0 Å². The van der Waals surface area contributed by atoms with E-state index >= 15 is 0 Å². The number of halogens is 2. The van der Waals surface area contributed by atoms with Crippen LogP contribution in [0, 0.1) is 18.6 Å². The van der Waals surface area contributed by atoms with Gasteiger partial charge in [-0.1, -0.05) is 24.3 Å². The molecule has 0 radical (unpaired) electrons. The molecular weight excluding hydrogens is 310 g/mol. The van der Waals surface area contributed by atoms with Crippen molar-refractivity contribution in [2.24, 2.45) is 0 Å². The van der Waals surface area contributed by atoms with E-state index in [1.165, 1.54) is 23.3 Å². The second kappa shape index (κ2) is 8.55. The van der Waals surface area contributed by atoms with Crippen LogP contribution in [-0.2, 0) is 11.2 Å². The average molecular weight is 333 g/mol. The number of hydrogen-bond acceptors (Lipinski definition) is 1. The minimum Gasteiger partial charge on any atom is -0.351 e. The highest BCUT2D eigenvalue weighted by Gasteiger charge is 2.15. The maximum Gasteiger partial charge on any atom is 0.275 e. The average Bonchev–Trinajstić information content (AvgIpc) is 2.54. The summed E-state index contributed by atoms with van der Waals surface area (Å²) >= 11 is 0. The summed E-state index contributed by atoms with van der Waals surface area (Å²) in [5.41, 5.74) is 2.81. The number of aryl methyl sites for hydroxylation is 1. The summed E-state index contributed by atoms with van der Waals surface area (Å²) in [5, 5.41) is 4.60. The lowest BCUT2D eigenvalue weighted by molar-refractivity contribution is -0.682. The molecule has 0 spiro atoms. The SMILES string of the molecule is Cc1ccccc1CCNC(=O)C[NH2+][C@@H](C)c1ccc(F)cc1F. The van der Waals surface area contributed by atoms with Gasteiger partial charge in [-0.3, -0.25) is 4.79 Å². The van der Waals surface area contributed by atoms with Gasteiger partial charge in [-0.15, -0.1) is 0 Å². The van der Waals surface area contributed by atoms with Crippen LogP contribution in [0.25, 0.3) is 0 Å². The van der Waals surface area contributed by atoms with Crippen molar-refractivity contribution in [2.75, 3.05) is 13.1 Å². The summed E-state index contributed by atoms with van der Waals surface area (Å²) < 4.78 is 26.6. The van der Waals surface area contributed by atoms with Crippen molar-refractivity contribution < 1.29 is 18.9 Å². The van der Waals surface area contributed by atoms with Gasteiger partial charge in [0.1, 0.15) is 17.7 Å². The third kappa shape index (κ3) is 5.13. The second-order valence-electron chi connectivity index (χ2n) is 5.92. The van der Waals surface area contributed by atoms with Crippen molar-refractivity contribution >= 4 is 5.91 Å². The van der Waals surface area contributed by atoms with Crippen molar-refractivity contribution in [2.45, 2.75) is 26.3 Å². The molecule has 2 aromatic rings. The molecule has 2 rings (SSSR count). The third-order valence-corrected chi connectivity index (χ3v) is 4.09. The maximum atomic E-state index is 13.7. The first-order valence-electron chi connectivity index (χ1n) is 8.07. The summed E-state index contributed by atoms with van der Waals surface area (Å²) in [6, 6.07) is 11.3. The summed E-state index contributed by atoms with van der Waals surface area (Å²) in [6.45, 7) is 4.60. The summed E-state index contributed by atoms with van der Waals surface area (Å²) in [4.78, 5) is 11.9. The van der Waals surface area contributed by atoms with Gasteiger partial charge in [0.25, 0.3) is 5.91 Å². The molecule has 1 atom stereocenters. The fraction of sp³-hybridized carbons (Fsp3) is 0.316. The standard InChI is InChI=1S/C19H22F2N2O/c1-13-5-3-4-6-15(13)9-10-22-19(24)12-23-14(2)17-8-7-16(20)11-18(17)21/h3-8,11,14,23H,9-10,12H2,1-2H3,(H,22,24)/p+1/t14-/m0/s1. The van der Waals surface area contributed by atoms with Crippen LogP contribution in [-0.4, -0.2) is 19.0 Å². The van der Waals surface area contributed by atoms with Gasteiger partial charge in [0.15, 0.2) is 6.54 Å². The normalized spacial score (nSPS) is 12.0. The lowest BCUT2D eigenvalue weighted by Crippen LogP contribution is -2.87. The van der Waals surface area contributed by atoms with Crippen LogP contribution in [0.1, 0.15) is 29.7 Å². The van der Waals surface area contributed by atoms with Crippen molar-refractivity contribution in [3.05, 3.63) is 70.8 Å². The van der Waals surface area contributed by atoms with E-state index < -0.39 is 11.6 Å². The molecule has 0 aliphatic heterocycles. The summed E-state index contributed by atoms with van der Waals surface area (Å²) in [5.74, 6) is -1.28. The first-order chi connectivity index (χ1) is 11.5. The minimum atomic E-state index is -0.600. The van der Waals surface area contributed by atoms with Crippen molar-refractivity contribution in [1.29, 1.82) is 0 Å². The van der Waals surface area contributed by atoms with Gasteiger partial charge in [0, 0.05) is 18.2 Å². The Hall–Kier alpha value is -2.27. The first-order valence-corrected chi connectivity index (χ1v) is 8.07. The number of carbonyl (C=O) groups excluding carboxylic acids is 1. The van der Waals surface area contributed by atoms with E-state index in [9.17, 15) is 13.6 Å². The number of rotatable bonds is 7. The Morgan fingerprint density at radius 2 is 1.96 bits per heavy atom. The molecule has 0 bridgehead atoms. The molecule has 1 amide bonds. The Morgan fingerprint density at radius 1 is 1.21 bits per heavy atom. The smallest absolute Gasteiger partial charge is 0.275 e. The number of hydrogen-bond donors (Lipinski definition) is 2. The molecule has 0 heterocycles. The van der Waals surface area contributed by atoms with Gasteiger partial charge < -0.3 is 10.6 Å². The Kier molecular flexibility index (Phi) is 6.44. The molecule has 0 unspecified atom stereocenters. The highest BCUT2D eigenvalue weighted by Crippen LogP contribution is 2.14. The van der Waals surface area contributed by atoms with E-state index in [0.29, 0.717) is 12.1 Å². The van der Waals surface area contributed by atoms with E-state index in [1.54, 1.807) is 12.2 Å². The number of carbonyl (C=O) groups is 1. The van der Waals surface area contributed by atoms with E-state index in [0.717, 1.165) is 12.5 Å². The van der Waals surface area contributed by atoms with Crippen LogP contribution in [0.4, 0.5) is 8.78 Å². The van der Waals surface area contributed by atoms with E-state index in [-0.39, 0.29) is 18.5 Å². The Balaban J connectivity index is 1.75. The molecule has 0 aromatic heterocycles. The van der Waals surface area contributed by atoms with Crippen molar-refractivity contribution in [3.63, 3.8) is 0 Å². The number of nitrogens with one attached hydrogen (secondary N) is 1. The molecule has 5 heteroatoms. The van der Waals surface area contributed by atoms with Crippen molar-refractivity contribution in [1.82, 2.24) is 5.32 Å². The Labute approximate surface area is 141 Å². The van der Waals surface area contributed by atoms with Gasteiger partial charge in [0.2, 0.25) is 0 Å². The lowest BCUT2D eigenvalue weighted by Gasteiger charge is -2.12. The van der Waals surface area contributed by atoms with Crippen LogP contribution in [0.2, 0.25) is 0 Å². The molecule has 3 N–H and O–H groups in total. The molecule has 3 nitrogen and oxygen atoms in total. The molecule has 0 aliphatic carbocycles. The number of nitrogens with two attached hydrogens (primary N) is 1. The quantitative estimate of drug-likeness (QED) is 0.802. The zero-order chi connectivity index (χ0) is 17.5. The monoisotopic (exact) mass is 333 g/mol. The van der Waals surface area contributed by atoms with Crippen LogP contribution >= 0.6 is 0 Å². The first kappa shape index (κ1) is 18.1. The minimum absolute atomic E-state index is 0.0991. The molecular formula is C19H23F2N2O+. The molecule has 128 valence electrons. The Bertz CT molecular complexity index is 704. The fourth-order valence-corrected chi connectivity index (χ4v) is 2.58. The van der Waals surface area contributed by atoms with E-state index in [2.05, 4.69) is 5.32 Å². The topological polar surface area (TPSA) is 45.7 Å². The predicted octanol–water partition coefficient (Wildman–Crippen LogP) is 2.26. The van der Waals surface area contributed by atoms with Gasteiger partial charge in [-0.05, 0) is 43.5 Å². The highest BCUT2D eigenvalue weighted by molar-refractivity contribution is 5.76. The second-order valence-corrected chi connectivity index (χ2v) is 5.92. The Morgan fingerprint density at radius 3 is 2.67 bits per heavy atom. The fourth-order valence-electron chi connectivity index (χ4n) is 2.58. The van der Waals surface area contributed by atoms with Crippen LogP contribution < -0.4 is 10.6 Å². The molecule has 24 heavy (non-hydrogen) atoms. The van der Waals surface area contributed by atoms with Crippen LogP contribution in [0.3, 0.4) is 0 Å². The summed E-state index contributed by atoms with van der Waals surface area (Å²) in [6.07, 6.45) is 0.778. The zero-order valence-electron chi connectivity index (χ0n) is 14.0. The van der Waals surface area contributed by atoms with Gasteiger partial charge in [-0.2, -0.15) is 0 Å². The molecule has 0 saturated carbocycles. The van der Waals surface area contributed by atoms with Crippen LogP contribution in [0.5, 0.6) is 0 Å². The lowest BCUT2D eigenvalue weighted by atomic mass is 10.1. The van der Waals surface area contributed by atoms with Gasteiger partial charge in [0.05, 0.1) is 0 Å². The maximum absolute atomic E-state index is 13.7. The molecule has 0 saturated heterocycles. The highest BCUT2D eigenvalue weighted by atomic mass is 19.1. The third-order valence-electron chi connectivity index (χ3n) is 4.09. The molecule has 0 aliphatic rings. The molecule has 0 fully saturated rings.